The van der Waals surface area contributed by atoms with Crippen LogP contribution in [0, 0.1) is 0 Å². The van der Waals surface area contributed by atoms with Crippen LogP contribution in [-0.2, 0) is 24.3 Å². The smallest absolute Gasteiger partial charge is 0.295 e. The predicted molar refractivity (Wildman–Crippen MR) is 148 cm³/mol. The molecule has 1 amide bonds. The highest BCUT2D eigenvalue weighted by Gasteiger charge is 2.46. The molecule has 0 spiro atoms. The Kier molecular flexibility index (Phi) is 9.14. The van der Waals surface area contributed by atoms with Crippen molar-refractivity contribution in [2.75, 3.05) is 67.7 Å². The maximum Gasteiger partial charge on any atom is 0.295 e. The van der Waals surface area contributed by atoms with Gasteiger partial charge in [-0.05, 0) is 48.4 Å². The molecule has 2 aliphatic rings. The summed E-state index contributed by atoms with van der Waals surface area (Å²) in [6, 6.07) is 9.77. The summed E-state index contributed by atoms with van der Waals surface area (Å²) in [5.41, 5.74) is 0.706. The molecule has 2 aromatic rings. The molecule has 0 saturated carbocycles. The SMILES string of the molecule is COc1ccc(C2/C(=C(\O)c3ccc(S(=O)(=O)N(C)C)cc3)C(=O)C(=O)N2CCCN2CCOCC2)cc1OC. The van der Waals surface area contributed by atoms with Crippen LogP contribution in [0.5, 0.6) is 11.5 Å². The Morgan fingerprint density at radius 2 is 1.65 bits per heavy atom. The number of methoxy groups -OCH3 is 2. The number of hydrogen-bond acceptors (Lipinski definition) is 9. The second-order valence-electron chi connectivity index (χ2n) is 9.73. The molecule has 2 fully saturated rings. The van der Waals surface area contributed by atoms with Gasteiger partial charge in [-0.25, -0.2) is 12.7 Å². The lowest BCUT2D eigenvalue weighted by molar-refractivity contribution is -0.140. The molecule has 1 N–H and O–H groups in total. The van der Waals surface area contributed by atoms with E-state index in [-0.39, 0.29) is 28.3 Å². The summed E-state index contributed by atoms with van der Waals surface area (Å²) in [7, 11) is 2.16. The third-order valence-corrected chi connectivity index (χ3v) is 8.98. The highest BCUT2D eigenvalue weighted by Crippen LogP contribution is 2.42. The molecule has 2 heterocycles. The normalized spacial score (nSPS) is 19.8. The maximum absolute atomic E-state index is 13.4. The number of benzene rings is 2. The van der Waals surface area contributed by atoms with E-state index >= 15 is 0 Å². The fourth-order valence-corrected chi connectivity index (χ4v) is 5.82. The largest absolute Gasteiger partial charge is 0.507 e. The zero-order chi connectivity index (χ0) is 29.0. The van der Waals surface area contributed by atoms with Crippen LogP contribution in [0.3, 0.4) is 0 Å². The van der Waals surface area contributed by atoms with Crippen LogP contribution in [0.15, 0.2) is 52.9 Å². The number of carbonyl (C=O) groups is 2. The number of ether oxygens (including phenoxy) is 3. The minimum atomic E-state index is -3.69. The molecule has 2 saturated heterocycles. The molecular formula is C28H35N3O8S. The number of likely N-dealkylation sites (tertiary alicyclic amines) is 1. The van der Waals surface area contributed by atoms with Gasteiger partial charge in [0.25, 0.3) is 11.7 Å². The zero-order valence-electron chi connectivity index (χ0n) is 23.1. The van der Waals surface area contributed by atoms with Crippen LogP contribution >= 0.6 is 0 Å². The van der Waals surface area contributed by atoms with Gasteiger partial charge in [0.15, 0.2) is 11.5 Å². The summed E-state index contributed by atoms with van der Waals surface area (Å²) < 4.78 is 42.3. The van der Waals surface area contributed by atoms with Crippen molar-refractivity contribution < 1.29 is 37.3 Å². The first kappa shape index (κ1) is 29.5. The molecule has 1 atom stereocenters. The molecule has 0 bridgehead atoms. The third kappa shape index (κ3) is 5.85. The summed E-state index contributed by atoms with van der Waals surface area (Å²) in [4.78, 5) is 30.4. The minimum Gasteiger partial charge on any atom is -0.507 e. The summed E-state index contributed by atoms with van der Waals surface area (Å²) in [6.45, 7) is 3.94. The summed E-state index contributed by atoms with van der Waals surface area (Å²) in [5, 5.41) is 11.4. The van der Waals surface area contributed by atoms with Crippen molar-refractivity contribution in [1.29, 1.82) is 0 Å². The lowest BCUT2D eigenvalue weighted by Gasteiger charge is -2.29. The van der Waals surface area contributed by atoms with Crippen LogP contribution in [0.25, 0.3) is 5.76 Å². The topological polar surface area (TPSA) is 126 Å². The zero-order valence-corrected chi connectivity index (χ0v) is 23.9. The average Bonchev–Trinajstić information content (AvgIpc) is 3.22. The van der Waals surface area contributed by atoms with E-state index in [4.69, 9.17) is 14.2 Å². The van der Waals surface area contributed by atoms with Gasteiger partial charge >= 0.3 is 0 Å². The van der Waals surface area contributed by atoms with Crippen LogP contribution < -0.4 is 9.47 Å². The van der Waals surface area contributed by atoms with E-state index in [1.807, 2.05) is 0 Å². The molecule has 12 heteroatoms. The Labute approximate surface area is 234 Å². The van der Waals surface area contributed by atoms with Gasteiger partial charge in [-0.1, -0.05) is 6.07 Å². The lowest BCUT2D eigenvalue weighted by atomic mass is 9.95. The van der Waals surface area contributed by atoms with E-state index in [9.17, 15) is 23.1 Å². The standard InChI is InChI=1S/C28H35N3O8S/c1-29(2)40(35,36)21-9-6-19(7-10-21)26(32)24-25(20-8-11-22(37-3)23(18-20)38-4)31(28(34)27(24)33)13-5-12-30-14-16-39-17-15-30/h6-11,18,25,32H,5,12-17H2,1-4H3/b26-24+. The number of rotatable bonds is 10. The van der Waals surface area contributed by atoms with Crippen LogP contribution in [0.1, 0.15) is 23.6 Å². The minimum absolute atomic E-state index is 0.0362. The third-order valence-electron chi connectivity index (χ3n) is 7.15. The van der Waals surface area contributed by atoms with E-state index in [2.05, 4.69) is 4.90 Å². The molecule has 11 nitrogen and oxygen atoms in total. The van der Waals surface area contributed by atoms with E-state index in [1.54, 1.807) is 18.2 Å². The van der Waals surface area contributed by atoms with Gasteiger partial charge in [-0.3, -0.25) is 14.5 Å². The number of carbonyl (C=O) groups excluding carboxylic acids is 2. The molecule has 2 aliphatic heterocycles. The fourth-order valence-electron chi connectivity index (χ4n) is 4.92. The summed E-state index contributed by atoms with van der Waals surface area (Å²) >= 11 is 0. The van der Waals surface area contributed by atoms with Crippen molar-refractivity contribution in [3.05, 3.63) is 59.2 Å². The molecule has 0 aliphatic carbocycles. The van der Waals surface area contributed by atoms with Gasteiger partial charge in [0, 0.05) is 45.8 Å². The number of amides is 1. The van der Waals surface area contributed by atoms with E-state index < -0.39 is 27.8 Å². The van der Waals surface area contributed by atoms with Crippen molar-refractivity contribution in [1.82, 2.24) is 14.1 Å². The number of hydrogen-bond donors (Lipinski definition) is 1. The van der Waals surface area contributed by atoms with E-state index in [0.29, 0.717) is 36.7 Å². The van der Waals surface area contributed by atoms with E-state index in [1.165, 1.54) is 57.5 Å². The van der Waals surface area contributed by atoms with Crippen LogP contribution in [0.2, 0.25) is 0 Å². The van der Waals surface area contributed by atoms with Gasteiger partial charge in [0.05, 0.1) is 43.9 Å². The van der Waals surface area contributed by atoms with Crippen molar-refractivity contribution in [3.8, 4) is 11.5 Å². The monoisotopic (exact) mass is 573 g/mol. The number of nitrogens with zero attached hydrogens (tertiary/aromatic N) is 3. The van der Waals surface area contributed by atoms with Crippen molar-refractivity contribution in [2.24, 2.45) is 0 Å². The Hall–Kier alpha value is -3.45. The Balaban J connectivity index is 1.74. The summed E-state index contributed by atoms with van der Waals surface area (Å²) in [5.74, 6) is -1.02. The van der Waals surface area contributed by atoms with Crippen molar-refractivity contribution in [2.45, 2.75) is 17.4 Å². The van der Waals surface area contributed by atoms with Crippen LogP contribution in [-0.4, -0.2) is 107 Å². The second-order valence-corrected chi connectivity index (χ2v) is 11.9. The molecule has 2 aromatic carbocycles. The average molecular weight is 574 g/mol. The number of ketones is 1. The number of aliphatic hydroxyl groups excluding tert-OH is 1. The Bertz CT molecular complexity index is 1380. The number of sulfonamides is 1. The number of morpholine rings is 1. The first-order valence-corrected chi connectivity index (χ1v) is 14.4. The van der Waals surface area contributed by atoms with Gasteiger partial charge in [-0.2, -0.15) is 0 Å². The lowest BCUT2D eigenvalue weighted by Crippen LogP contribution is -2.38. The molecule has 0 aromatic heterocycles. The molecular weight excluding hydrogens is 538 g/mol. The predicted octanol–water partition coefficient (Wildman–Crippen LogP) is 2.10. The second kappa shape index (κ2) is 12.4. The number of aliphatic hydroxyl groups is 1. The molecule has 40 heavy (non-hydrogen) atoms. The molecule has 0 radical (unpaired) electrons. The Morgan fingerprint density at radius 3 is 2.25 bits per heavy atom. The van der Waals surface area contributed by atoms with Crippen molar-refractivity contribution in [3.63, 3.8) is 0 Å². The highest BCUT2D eigenvalue weighted by molar-refractivity contribution is 7.89. The molecule has 1 unspecified atom stereocenters. The maximum atomic E-state index is 13.4. The Morgan fingerprint density at radius 1 is 1.00 bits per heavy atom. The fraction of sp³-hybridized carbons (Fsp3) is 0.429. The quantitative estimate of drug-likeness (QED) is 0.258. The summed E-state index contributed by atoms with van der Waals surface area (Å²) in [6.07, 6.45) is 0.619. The van der Waals surface area contributed by atoms with Gasteiger partial charge in [0.1, 0.15) is 5.76 Å². The van der Waals surface area contributed by atoms with Crippen LogP contribution in [0.4, 0.5) is 0 Å². The molecule has 4 rings (SSSR count). The van der Waals surface area contributed by atoms with Gasteiger partial charge in [0.2, 0.25) is 10.0 Å². The van der Waals surface area contributed by atoms with Gasteiger partial charge in [-0.15, -0.1) is 0 Å². The first-order valence-electron chi connectivity index (χ1n) is 12.9. The molecule has 216 valence electrons. The van der Waals surface area contributed by atoms with Gasteiger partial charge < -0.3 is 24.2 Å². The number of Topliss-reactive ketones (excluding diaryl/α,β-unsaturated/α-hetero) is 1. The van der Waals surface area contributed by atoms with E-state index in [0.717, 1.165) is 23.9 Å². The first-order chi connectivity index (χ1) is 19.1. The highest BCUT2D eigenvalue weighted by atomic mass is 32.2. The van der Waals surface area contributed by atoms with Crippen molar-refractivity contribution >= 4 is 27.5 Å².